The fourth-order valence-corrected chi connectivity index (χ4v) is 1.29. The van der Waals surface area contributed by atoms with Crippen LogP contribution in [-0.4, -0.2) is 20.3 Å². The third-order valence-corrected chi connectivity index (χ3v) is 1.92. The SMILES string of the molecule is O=[N+]([O-])C(c1ccccc1)[n+]1ncn[nH]1. The summed E-state index contributed by atoms with van der Waals surface area (Å²) < 4.78 is 0. The second kappa shape index (κ2) is 3.82. The molecule has 0 amide bonds. The number of hydrogen-bond acceptors (Lipinski definition) is 4. The predicted molar refractivity (Wildman–Crippen MR) is 48.2 cm³/mol. The second-order valence-corrected chi connectivity index (χ2v) is 2.87. The van der Waals surface area contributed by atoms with Crippen molar-refractivity contribution in [3.8, 4) is 0 Å². The van der Waals surface area contributed by atoms with Gasteiger partial charge < -0.3 is 0 Å². The van der Waals surface area contributed by atoms with E-state index in [2.05, 4.69) is 15.4 Å². The van der Waals surface area contributed by atoms with E-state index < -0.39 is 11.1 Å². The molecule has 76 valence electrons. The minimum absolute atomic E-state index is 0.430. The number of aromatic amines is 1. The Morgan fingerprint density at radius 2 is 2.13 bits per heavy atom. The Balaban J connectivity index is 2.42. The first-order valence-electron chi connectivity index (χ1n) is 4.24. The molecule has 1 heterocycles. The molecule has 2 aromatic rings. The number of nitrogens with zero attached hydrogens (tertiary/aromatic N) is 4. The summed E-state index contributed by atoms with van der Waals surface area (Å²) in [6.45, 7) is 0. The fourth-order valence-electron chi connectivity index (χ4n) is 1.29. The van der Waals surface area contributed by atoms with E-state index in [4.69, 9.17) is 0 Å². The summed E-state index contributed by atoms with van der Waals surface area (Å²) in [7, 11) is 0. The van der Waals surface area contributed by atoms with Crippen LogP contribution in [0.4, 0.5) is 0 Å². The lowest BCUT2D eigenvalue weighted by atomic mass is 10.2. The molecular formula is C8H8N5O2+. The number of rotatable bonds is 3. The highest BCUT2D eigenvalue weighted by atomic mass is 16.6. The van der Waals surface area contributed by atoms with Gasteiger partial charge in [-0.05, 0) is 22.4 Å². The maximum atomic E-state index is 10.9. The van der Waals surface area contributed by atoms with Gasteiger partial charge in [0, 0.05) is 4.80 Å². The summed E-state index contributed by atoms with van der Waals surface area (Å²) in [5.41, 5.74) is 0.546. The molecule has 1 unspecified atom stereocenters. The van der Waals surface area contributed by atoms with Crippen molar-refractivity contribution in [2.45, 2.75) is 6.17 Å². The summed E-state index contributed by atoms with van der Waals surface area (Å²) >= 11 is 0. The lowest BCUT2D eigenvalue weighted by molar-refractivity contribution is -0.928. The Bertz CT molecular complexity index is 441. The zero-order chi connectivity index (χ0) is 10.7. The van der Waals surface area contributed by atoms with Crippen LogP contribution in [0.1, 0.15) is 11.7 Å². The van der Waals surface area contributed by atoms with Gasteiger partial charge in [0.25, 0.3) is 6.33 Å². The van der Waals surface area contributed by atoms with Gasteiger partial charge in [-0.3, -0.25) is 10.1 Å². The molecule has 1 atom stereocenters. The van der Waals surface area contributed by atoms with Gasteiger partial charge in [-0.15, -0.1) is 0 Å². The van der Waals surface area contributed by atoms with E-state index in [9.17, 15) is 10.1 Å². The lowest BCUT2D eigenvalue weighted by Gasteiger charge is -2.02. The molecular weight excluding hydrogens is 198 g/mol. The highest BCUT2D eigenvalue weighted by Crippen LogP contribution is 2.10. The second-order valence-electron chi connectivity index (χ2n) is 2.87. The first-order valence-corrected chi connectivity index (χ1v) is 4.24. The first kappa shape index (κ1) is 9.25. The average Bonchev–Trinajstić information content (AvgIpc) is 2.72. The van der Waals surface area contributed by atoms with Gasteiger partial charge >= 0.3 is 6.17 Å². The minimum atomic E-state index is -1.06. The molecule has 0 spiro atoms. The monoisotopic (exact) mass is 206 g/mol. The Morgan fingerprint density at radius 3 is 2.67 bits per heavy atom. The molecule has 0 radical (unpaired) electrons. The minimum Gasteiger partial charge on any atom is -0.260 e. The van der Waals surface area contributed by atoms with Crippen LogP contribution in [0.25, 0.3) is 0 Å². The van der Waals surface area contributed by atoms with Crippen LogP contribution >= 0.6 is 0 Å². The van der Waals surface area contributed by atoms with Crippen molar-refractivity contribution in [3.05, 3.63) is 52.3 Å². The van der Waals surface area contributed by atoms with Crippen LogP contribution in [0, 0.1) is 10.1 Å². The predicted octanol–water partition coefficient (Wildman–Crippen LogP) is -0.0842. The quantitative estimate of drug-likeness (QED) is 0.432. The molecule has 0 fully saturated rings. The Hall–Kier alpha value is -2.31. The van der Waals surface area contributed by atoms with Gasteiger partial charge in [0.1, 0.15) is 0 Å². The van der Waals surface area contributed by atoms with E-state index in [0.717, 1.165) is 4.80 Å². The van der Waals surface area contributed by atoms with Crippen LogP contribution < -0.4 is 4.80 Å². The van der Waals surface area contributed by atoms with Crippen molar-refractivity contribution in [1.82, 2.24) is 15.4 Å². The van der Waals surface area contributed by atoms with Crippen molar-refractivity contribution in [2.75, 3.05) is 0 Å². The molecule has 7 nitrogen and oxygen atoms in total. The van der Waals surface area contributed by atoms with Crippen molar-refractivity contribution in [1.29, 1.82) is 0 Å². The number of aromatic nitrogens is 4. The van der Waals surface area contributed by atoms with Crippen molar-refractivity contribution >= 4 is 0 Å². The third-order valence-electron chi connectivity index (χ3n) is 1.92. The maximum absolute atomic E-state index is 10.9. The number of nitrogens with one attached hydrogen (secondary N) is 1. The molecule has 1 N–H and O–H groups in total. The Kier molecular flexibility index (Phi) is 2.36. The number of H-pyrrole nitrogens is 1. The molecule has 0 aliphatic carbocycles. The van der Waals surface area contributed by atoms with E-state index in [1.807, 2.05) is 0 Å². The van der Waals surface area contributed by atoms with Gasteiger partial charge in [0.2, 0.25) is 0 Å². The Morgan fingerprint density at radius 1 is 1.40 bits per heavy atom. The van der Waals surface area contributed by atoms with Crippen LogP contribution in [0.3, 0.4) is 0 Å². The topological polar surface area (TPSA) is 88.6 Å². The number of tetrazole rings is 1. The summed E-state index contributed by atoms with van der Waals surface area (Å²) in [4.78, 5) is 11.6. The molecule has 2 rings (SSSR count). The summed E-state index contributed by atoms with van der Waals surface area (Å²) in [5, 5.41) is 20.6. The Labute approximate surface area is 84.5 Å². The van der Waals surface area contributed by atoms with Crippen molar-refractivity contribution in [2.24, 2.45) is 0 Å². The van der Waals surface area contributed by atoms with Crippen LogP contribution in [-0.2, 0) is 0 Å². The zero-order valence-electron chi connectivity index (χ0n) is 7.65. The maximum Gasteiger partial charge on any atom is 0.413 e. The van der Waals surface area contributed by atoms with E-state index >= 15 is 0 Å². The number of hydrogen-bond donors (Lipinski definition) is 1. The van der Waals surface area contributed by atoms with Gasteiger partial charge in [-0.25, -0.2) is 0 Å². The highest BCUT2D eigenvalue weighted by molar-refractivity contribution is 5.15. The molecule has 15 heavy (non-hydrogen) atoms. The summed E-state index contributed by atoms with van der Waals surface area (Å²) in [5.74, 6) is 0. The van der Waals surface area contributed by atoms with Gasteiger partial charge in [-0.1, -0.05) is 18.2 Å². The highest BCUT2D eigenvalue weighted by Gasteiger charge is 2.31. The number of benzene rings is 1. The summed E-state index contributed by atoms with van der Waals surface area (Å²) in [6, 6.07) is 8.61. The van der Waals surface area contributed by atoms with Crippen LogP contribution in [0.15, 0.2) is 36.7 Å². The fraction of sp³-hybridized carbons (Fsp3) is 0.125. The molecule has 0 aliphatic heterocycles. The number of nitro groups is 1. The van der Waals surface area contributed by atoms with Crippen molar-refractivity contribution in [3.63, 3.8) is 0 Å². The normalized spacial score (nSPS) is 12.3. The molecule has 0 saturated carbocycles. The first-order chi connectivity index (χ1) is 7.29. The molecule has 1 aromatic heterocycles. The van der Waals surface area contributed by atoms with Crippen LogP contribution in [0.2, 0.25) is 0 Å². The van der Waals surface area contributed by atoms with Gasteiger partial charge in [0.05, 0.1) is 15.6 Å². The van der Waals surface area contributed by atoms with E-state index in [-0.39, 0.29) is 0 Å². The van der Waals surface area contributed by atoms with E-state index in [0.29, 0.717) is 5.56 Å². The third kappa shape index (κ3) is 1.80. The molecule has 0 aliphatic rings. The standard InChI is InChI=1S/C8H7N5O2/c14-13(15)8(12-10-6-9-11-12)7-4-2-1-3-5-7/h1-6,8H/p+1. The average molecular weight is 206 g/mol. The summed E-state index contributed by atoms with van der Waals surface area (Å²) in [6.07, 6.45) is 0.160. The zero-order valence-corrected chi connectivity index (χ0v) is 7.65. The van der Waals surface area contributed by atoms with Crippen molar-refractivity contribution < 1.29 is 9.72 Å². The van der Waals surface area contributed by atoms with E-state index in [1.165, 1.54) is 6.33 Å². The van der Waals surface area contributed by atoms with Gasteiger partial charge in [0.15, 0.2) is 0 Å². The molecule has 1 aromatic carbocycles. The van der Waals surface area contributed by atoms with Crippen LogP contribution in [0.5, 0.6) is 0 Å². The molecule has 0 saturated heterocycles. The van der Waals surface area contributed by atoms with Gasteiger partial charge in [-0.2, -0.15) is 0 Å². The smallest absolute Gasteiger partial charge is 0.260 e. The molecule has 0 bridgehead atoms. The lowest BCUT2D eigenvalue weighted by Crippen LogP contribution is -2.48. The van der Waals surface area contributed by atoms with E-state index in [1.54, 1.807) is 30.3 Å². The molecule has 7 heteroatoms. The largest absolute Gasteiger partial charge is 0.413 e.